The van der Waals surface area contributed by atoms with Crippen LogP contribution in [0.1, 0.15) is 26.7 Å². The van der Waals surface area contributed by atoms with Crippen molar-refractivity contribution in [2.75, 3.05) is 46.9 Å². The lowest BCUT2D eigenvalue weighted by Gasteiger charge is -2.14. The molecule has 4 nitrogen and oxygen atoms in total. The lowest BCUT2D eigenvalue weighted by molar-refractivity contribution is 0.0262. The third-order valence-electron chi connectivity index (χ3n) is 2.35. The summed E-state index contributed by atoms with van der Waals surface area (Å²) in [6.07, 6.45) is 1.96. The summed E-state index contributed by atoms with van der Waals surface area (Å²) in [6.45, 7) is 8.09. The molecule has 17 heavy (non-hydrogen) atoms. The van der Waals surface area contributed by atoms with Gasteiger partial charge in [0.15, 0.2) is 0 Å². The van der Waals surface area contributed by atoms with Crippen molar-refractivity contribution in [3.63, 3.8) is 0 Å². The van der Waals surface area contributed by atoms with Crippen molar-refractivity contribution in [3.05, 3.63) is 0 Å². The van der Waals surface area contributed by atoms with Crippen molar-refractivity contribution in [2.24, 2.45) is 5.92 Å². The minimum Gasteiger partial charge on any atom is -0.389 e. The van der Waals surface area contributed by atoms with Crippen LogP contribution in [0.2, 0.25) is 0 Å². The molecule has 1 atom stereocenters. The molecule has 0 heterocycles. The molecule has 0 aromatic rings. The van der Waals surface area contributed by atoms with Gasteiger partial charge in [0.05, 0.1) is 12.7 Å². The summed E-state index contributed by atoms with van der Waals surface area (Å²) >= 11 is 0. The van der Waals surface area contributed by atoms with Gasteiger partial charge in [0.25, 0.3) is 0 Å². The zero-order valence-electron chi connectivity index (χ0n) is 11.9. The molecule has 0 spiro atoms. The smallest absolute Gasteiger partial charge is 0.0897 e. The van der Waals surface area contributed by atoms with Crippen LogP contribution in [0.5, 0.6) is 0 Å². The zero-order valence-corrected chi connectivity index (χ0v) is 11.9. The van der Waals surface area contributed by atoms with Crippen molar-refractivity contribution >= 4 is 0 Å². The van der Waals surface area contributed by atoms with E-state index in [2.05, 4.69) is 38.2 Å². The largest absolute Gasteiger partial charge is 0.389 e. The van der Waals surface area contributed by atoms with Crippen LogP contribution in [-0.2, 0) is 4.74 Å². The van der Waals surface area contributed by atoms with Crippen LogP contribution in [0, 0.1) is 5.92 Å². The number of hydrogen-bond acceptors (Lipinski definition) is 4. The summed E-state index contributed by atoms with van der Waals surface area (Å²) in [7, 11) is 4.17. The maximum Gasteiger partial charge on any atom is 0.0897 e. The van der Waals surface area contributed by atoms with E-state index in [1.165, 1.54) is 6.42 Å². The molecule has 0 aliphatic carbocycles. The van der Waals surface area contributed by atoms with Crippen LogP contribution in [-0.4, -0.2) is 63.1 Å². The summed E-state index contributed by atoms with van der Waals surface area (Å²) in [5, 5.41) is 12.9. The van der Waals surface area contributed by atoms with E-state index in [1.54, 1.807) is 0 Å². The Labute approximate surface area is 106 Å². The second-order valence-electron chi connectivity index (χ2n) is 5.30. The van der Waals surface area contributed by atoms with Crippen LogP contribution < -0.4 is 5.32 Å². The standard InChI is InChI=1S/C13H30N2O2/c1-12(2)10-17-11-13(16)9-14-7-5-6-8-15(3)4/h12-14,16H,5-11H2,1-4H3. The number of rotatable bonds is 11. The normalized spacial score (nSPS) is 13.6. The number of aliphatic hydroxyl groups is 1. The lowest BCUT2D eigenvalue weighted by atomic mass is 10.2. The average molecular weight is 246 g/mol. The Kier molecular flexibility index (Phi) is 10.9. The van der Waals surface area contributed by atoms with Gasteiger partial charge in [0.2, 0.25) is 0 Å². The van der Waals surface area contributed by atoms with Gasteiger partial charge in [-0.25, -0.2) is 0 Å². The Hall–Kier alpha value is -0.160. The van der Waals surface area contributed by atoms with Gasteiger partial charge in [-0.05, 0) is 45.9 Å². The molecule has 4 heteroatoms. The Balaban J connectivity index is 3.19. The quantitative estimate of drug-likeness (QED) is 0.533. The fourth-order valence-corrected chi connectivity index (χ4v) is 1.45. The molecule has 0 aromatic heterocycles. The van der Waals surface area contributed by atoms with Crippen LogP contribution in [0.3, 0.4) is 0 Å². The van der Waals surface area contributed by atoms with Crippen LogP contribution in [0.25, 0.3) is 0 Å². The molecule has 2 N–H and O–H groups in total. The van der Waals surface area contributed by atoms with E-state index < -0.39 is 0 Å². The highest BCUT2D eigenvalue weighted by Crippen LogP contribution is 1.94. The highest BCUT2D eigenvalue weighted by molar-refractivity contribution is 4.59. The van der Waals surface area contributed by atoms with Gasteiger partial charge in [-0.3, -0.25) is 0 Å². The monoisotopic (exact) mass is 246 g/mol. The number of nitrogens with one attached hydrogen (secondary N) is 1. The third kappa shape index (κ3) is 13.8. The fourth-order valence-electron chi connectivity index (χ4n) is 1.45. The summed E-state index contributed by atoms with van der Waals surface area (Å²) in [6, 6.07) is 0. The highest BCUT2D eigenvalue weighted by Gasteiger charge is 2.04. The van der Waals surface area contributed by atoms with Crippen molar-refractivity contribution in [1.82, 2.24) is 10.2 Å². The Bertz CT molecular complexity index is 163. The first-order valence-electron chi connectivity index (χ1n) is 6.63. The molecule has 0 bridgehead atoms. The minimum atomic E-state index is -0.386. The van der Waals surface area contributed by atoms with E-state index >= 15 is 0 Å². The summed E-state index contributed by atoms with van der Waals surface area (Å²) in [5.41, 5.74) is 0. The number of nitrogens with zero attached hydrogens (tertiary/aromatic N) is 1. The van der Waals surface area contributed by atoms with Gasteiger partial charge in [-0.15, -0.1) is 0 Å². The predicted molar refractivity (Wildman–Crippen MR) is 72.3 cm³/mol. The molecule has 0 aromatic carbocycles. The molecule has 1 unspecified atom stereocenters. The van der Waals surface area contributed by atoms with Gasteiger partial charge >= 0.3 is 0 Å². The second-order valence-corrected chi connectivity index (χ2v) is 5.30. The highest BCUT2D eigenvalue weighted by atomic mass is 16.5. The maximum atomic E-state index is 9.61. The summed E-state index contributed by atoms with van der Waals surface area (Å²) in [4.78, 5) is 2.19. The van der Waals surface area contributed by atoms with Gasteiger partial charge in [-0.1, -0.05) is 13.8 Å². The van der Waals surface area contributed by atoms with E-state index in [0.29, 0.717) is 19.1 Å². The summed E-state index contributed by atoms with van der Waals surface area (Å²) < 4.78 is 5.37. The molecule has 0 radical (unpaired) electrons. The Morgan fingerprint density at radius 3 is 2.47 bits per heavy atom. The Morgan fingerprint density at radius 2 is 1.88 bits per heavy atom. The predicted octanol–water partition coefficient (Wildman–Crippen LogP) is 0.951. The minimum absolute atomic E-state index is 0.386. The number of unbranched alkanes of at least 4 members (excludes halogenated alkanes) is 1. The van der Waals surface area contributed by atoms with Crippen LogP contribution >= 0.6 is 0 Å². The van der Waals surface area contributed by atoms with Gasteiger partial charge in [0.1, 0.15) is 0 Å². The van der Waals surface area contributed by atoms with E-state index in [-0.39, 0.29) is 6.10 Å². The van der Waals surface area contributed by atoms with Crippen LogP contribution in [0.4, 0.5) is 0 Å². The van der Waals surface area contributed by atoms with Crippen molar-refractivity contribution in [1.29, 1.82) is 0 Å². The van der Waals surface area contributed by atoms with Crippen LogP contribution in [0.15, 0.2) is 0 Å². The molecule has 104 valence electrons. The first-order valence-corrected chi connectivity index (χ1v) is 6.63. The van der Waals surface area contributed by atoms with E-state index in [4.69, 9.17) is 4.74 Å². The molecule has 0 saturated carbocycles. The SMILES string of the molecule is CC(C)COCC(O)CNCCCCN(C)C. The van der Waals surface area contributed by atoms with Crippen molar-refractivity contribution in [2.45, 2.75) is 32.8 Å². The molecule has 0 aliphatic rings. The molecule has 0 amide bonds. The lowest BCUT2D eigenvalue weighted by Crippen LogP contribution is -2.31. The van der Waals surface area contributed by atoms with Crippen molar-refractivity contribution < 1.29 is 9.84 Å². The van der Waals surface area contributed by atoms with Gasteiger partial charge < -0.3 is 20.1 Å². The number of ether oxygens (including phenoxy) is 1. The van der Waals surface area contributed by atoms with E-state index in [1.807, 2.05) is 0 Å². The molecule has 0 saturated heterocycles. The zero-order chi connectivity index (χ0) is 13.1. The second kappa shape index (κ2) is 11.0. The maximum absolute atomic E-state index is 9.61. The average Bonchev–Trinajstić information content (AvgIpc) is 2.22. The molecule has 0 fully saturated rings. The van der Waals surface area contributed by atoms with E-state index in [0.717, 1.165) is 26.1 Å². The first kappa shape index (κ1) is 16.8. The number of hydrogen-bond donors (Lipinski definition) is 2. The number of aliphatic hydroxyl groups excluding tert-OH is 1. The first-order chi connectivity index (χ1) is 8.02. The fraction of sp³-hybridized carbons (Fsp3) is 1.00. The molecular formula is C13H30N2O2. The molecule has 0 aliphatic heterocycles. The van der Waals surface area contributed by atoms with E-state index in [9.17, 15) is 5.11 Å². The van der Waals surface area contributed by atoms with Gasteiger partial charge in [-0.2, -0.15) is 0 Å². The third-order valence-corrected chi connectivity index (χ3v) is 2.35. The topological polar surface area (TPSA) is 44.7 Å². The Morgan fingerprint density at radius 1 is 1.18 bits per heavy atom. The molecule has 0 rings (SSSR count). The summed E-state index contributed by atoms with van der Waals surface area (Å²) in [5.74, 6) is 0.529. The molecular weight excluding hydrogens is 216 g/mol. The van der Waals surface area contributed by atoms with Gasteiger partial charge in [0, 0.05) is 13.2 Å². The van der Waals surface area contributed by atoms with Crippen molar-refractivity contribution in [3.8, 4) is 0 Å².